The Morgan fingerprint density at radius 3 is 2.52 bits per heavy atom. The highest BCUT2D eigenvalue weighted by Gasteiger charge is 2.30. The first-order valence-corrected chi connectivity index (χ1v) is 8.60. The van der Waals surface area contributed by atoms with Crippen molar-refractivity contribution >= 4 is 38.6 Å². The van der Waals surface area contributed by atoms with Gasteiger partial charge in [0.2, 0.25) is 5.91 Å². The molecule has 0 unspecified atom stereocenters. The summed E-state index contributed by atoms with van der Waals surface area (Å²) in [5.41, 5.74) is 2.56. The molecule has 0 aliphatic carbocycles. The lowest BCUT2D eigenvalue weighted by Crippen LogP contribution is -2.51. The van der Waals surface area contributed by atoms with E-state index in [9.17, 15) is 4.79 Å². The summed E-state index contributed by atoms with van der Waals surface area (Å²) in [6, 6.07) is 3.98. The molecule has 0 spiro atoms. The lowest BCUT2D eigenvalue weighted by atomic mass is 9.94. The maximum atomic E-state index is 12.4. The number of nitrogens with zero attached hydrogens (tertiary/aromatic N) is 4. The molecule has 1 fully saturated rings. The van der Waals surface area contributed by atoms with Crippen molar-refractivity contribution in [3.63, 3.8) is 0 Å². The van der Waals surface area contributed by atoms with Crippen molar-refractivity contribution < 1.29 is 4.79 Å². The second-order valence-electron chi connectivity index (χ2n) is 6.88. The van der Waals surface area contributed by atoms with Gasteiger partial charge in [-0.25, -0.2) is 0 Å². The lowest BCUT2D eigenvalue weighted by molar-refractivity contribution is -0.139. The molecular formula is C17H21BrN4O. The van der Waals surface area contributed by atoms with E-state index in [1.165, 1.54) is 0 Å². The van der Waals surface area contributed by atoms with Crippen molar-refractivity contribution in [3.8, 4) is 0 Å². The van der Waals surface area contributed by atoms with Crippen LogP contribution >= 0.6 is 15.9 Å². The van der Waals surface area contributed by atoms with Gasteiger partial charge in [0.25, 0.3) is 0 Å². The number of piperazine rings is 1. The molecule has 0 aromatic carbocycles. The Morgan fingerprint density at radius 1 is 1.17 bits per heavy atom. The van der Waals surface area contributed by atoms with Crippen LogP contribution in [0.25, 0.3) is 11.0 Å². The van der Waals surface area contributed by atoms with Gasteiger partial charge < -0.3 is 9.80 Å². The van der Waals surface area contributed by atoms with Gasteiger partial charge in [-0.2, -0.15) is 0 Å². The number of fused-ring (bicyclic) bond motifs is 1. The Bertz CT molecular complexity index is 733. The van der Waals surface area contributed by atoms with Crippen LogP contribution < -0.4 is 4.90 Å². The molecule has 0 atom stereocenters. The Morgan fingerprint density at radius 2 is 1.87 bits per heavy atom. The molecular weight excluding hydrogens is 356 g/mol. The summed E-state index contributed by atoms with van der Waals surface area (Å²) in [7, 11) is 0. The molecule has 5 nitrogen and oxygen atoms in total. The molecule has 1 aliphatic rings. The van der Waals surface area contributed by atoms with Crippen LogP contribution in [0.1, 0.15) is 20.8 Å². The number of pyridine rings is 2. The average Bonchev–Trinajstić information content (AvgIpc) is 2.52. The number of rotatable bonds is 1. The van der Waals surface area contributed by atoms with Gasteiger partial charge in [0.15, 0.2) is 0 Å². The quantitative estimate of drug-likeness (QED) is 0.767. The normalized spacial score (nSPS) is 16.0. The highest BCUT2D eigenvalue weighted by atomic mass is 79.9. The number of aromatic nitrogens is 2. The van der Waals surface area contributed by atoms with Crippen LogP contribution in [-0.4, -0.2) is 47.0 Å². The van der Waals surface area contributed by atoms with Crippen molar-refractivity contribution in [2.45, 2.75) is 20.8 Å². The zero-order valence-corrected chi connectivity index (χ0v) is 15.3. The van der Waals surface area contributed by atoms with Crippen molar-refractivity contribution in [2.24, 2.45) is 5.41 Å². The van der Waals surface area contributed by atoms with Gasteiger partial charge in [-0.3, -0.25) is 14.8 Å². The summed E-state index contributed by atoms with van der Waals surface area (Å²) in [4.78, 5) is 25.6. The van der Waals surface area contributed by atoms with E-state index in [1.807, 2.05) is 44.0 Å². The molecule has 0 N–H and O–H groups in total. The SMILES string of the molecule is CC(C)(C)C(=O)N1CCN(c2ccnc3cc(Br)cnc23)CC1. The standard InChI is InChI=1S/C17H21BrN4O/c1-17(2,3)16(23)22-8-6-21(7-9-22)14-4-5-19-13-10-12(18)11-20-15(13)14/h4-5,10-11H,6-9H2,1-3H3. The minimum Gasteiger partial charge on any atom is -0.366 e. The number of hydrogen-bond acceptors (Lipinski definition) is 4. The fraction of sp³-hybridized carbons (Fsp3) is 0.471. The third-order valence-electron chi connectivity index (χ3n) is 4.07. The molecule has 0 radical (unpaired) electrons. The number of amides is 1. The van der Waals surface area contributed by atoms with Crippen LogP contribution in [0.15, 0.2) is 29.0 Å². The van der Waals surface area contributed by atoms with E-state index in [0.717, 1.165) is 47.4 Å². The molecule has 122 valence electrons. The first-order chi connectivity index (χ1) is 10.9. The monoisotopic (exact) mass is 376 g/mol. The van der Waals surface area contributed by atoms with Gasteiger partial charge in [0, 0.05) is 48.5 Å². The fourth-order valence-electron chi connectivity index (χ4n) is 2.87. The van der Waals surface area contributed by atoms with E-state index in [1.54, 1.807) is 6.20 Å². The fourth-order valence-corrected chi connectivity index (χ4v) is 3.19. The molecule has 23 heavy (non-hydrogen) atoms. The van der Waals surface area contributed by atoms with Crippen molar-refractivity contribution in [2.75, 3.05) is 31.1 Å². The summed E-state index contributed by atoms with van der Waals surface area (Å²) in [5, 5.41) is 0. The highest BCUT2D eigenvalue weighted by Crippen LogP contribution is 2.27. The van der Waals surface area contributed by atoms with Crippen LogP contribution in [-0.2, 0) is 4.79 Å². The second kappa shape index (κ2) is 6.07. The summed E-state index contributed by atoms with van der Waals surface area (Å²) in [5.74, 6) is 0.221. The number of anilines is 1. The van der Waals surface area contributed by atoms with Crippen LogP contribution in [0.2, 0.25) is 0 Å². The Kier molecular flexibility index (Phi) is 4.27. The molecule has 0 saturated carbocycles. The van der Waals surface area contributed by atoms with Gasteiger partial charge >= 0.3 is 0 Å². The highest BCUT2D eigenvalue weighted by molar-refractivity contribution is 9.10. The van der Waals surface area contributed by atoms with Crippen LogP contribution in [0.3, 0.4) is 0 Å². The molecule has 1 aliphatic heterocycles. The molecule has 6 heteroatoms. The maximum Gasteiger partial charge on any atom is 0.228 e. The molecule has 2 aromatic rings. The van der Waals surface area contributed by atoms with E-state index in [2.05, 4.69) is 30.8 Å². The summed E-state index contributed by atoms with van der Waals surface area (Å²) >= 11 is 3.44. The smallest absolute Gasteiger partial charge is 0.228 e. The third-order valence-corrected chi connectivity index (χ3v) is 4.51. The van der Waals surface area contributed by atoms with Crippen LogP contribution in [0, 0.1) is 5.41 Å². The van der Waals surface area contributed by atoms with E-state index in [4.69, 9.17) is 0 Å². The maximum absolute atomic E-state index is 12.4. The second-order valence-corrected chi connectivity index (χ2v) is 7.80. The minimum absolute atomic E-state index is 0.221. The molecule has 3 heterocycles. The molecule has 3 rings (SSSR count). The van der Waals surface area contributed by atoms with Gasteiger partial charge in [0.05, 0.1) is 11.2 Å². The predicted octanol–water partition coefficient (Wildman–Crippen LogP) is 3.09. The Hall–Kier alpha value is -1.69. The van der Waals surface area contributed by atoms with E-state index < -0.39 is 0 Å². The zero-order valence-electron chi connectivity index (χ0n) is 13.7. The van der Waals surface area contributed by atoms with Gasteiger partial charge in [0.1, 0.15) is 5.52 Å². The first-order valence-electron chi connectivity index (χ1n) is 7.81. The number of halogens is 1. The minimum atomic E-state index is -0.320. The van der Waals surface area contributed by atoms with Gasteiger partial charge in [-0.05, 0) is 28.1 Å². The molecule has 0 bridgehead atoms. The summed E-state index contributed by atoms with van der Waals surface area (Å²) in [6.45, 7) is 9.05. The lowest BCUT2D eigenvalue weighted by Gasteiger charge is -2.38. The largest absolute Gasteiger partial charge is 0.366 e. The van der Waals surface area contributed by atoms with Crippen LogP contribution in [0.5, 0.6) is 0 Å². The summed E-state index contributed by atoms with van der Waals surface area (Å²) < 4.78 is 0.926. The summed E-state index contributed by atoms with van der Waals surface area (Å²) in [6.07, 6.45) is 3.62. The molecule has 1 amide bonds. The number of hydrogen-bond donors (Lipinski definition) is 0. The van der Waals surface area contributed by atoms with Gasteiger partial charge in [-0.15, -0.1) is 0 Å². The number of carbonyl (C=O) groups is 1. The van der Waals surface area contributed by atoms with E-state index in [-0.39, 0.29) is 11.3 Å². The van der Waals surface area contributed by atoms with Crippen molar-refractivity contribution in [3.05, 3.63) is 29.0 Å². The first kappa shape index (κ1) is 16.2. The van der Waals surface area contributed by atoms with E-state index in [0.29, 0.717) is 0 Å². The van der Waals surface area contributed by atoms with E-state index >= 15 is 0 Å². The van der Waals surface area contributed by atoms with Crippen LogP contribution in [0.4, 0.5) is 5.69 Å². The Labute approximate surface area is 144 Å². The predicted molar refractivity (Wildman–Crippen MR) is 95.5 cm³/mol. The number of carbonyl (C=O) groups excluding carboxylic acids is 1. The Balaban J connectivity index is 1.80. The topological polar surface area (TPSA) is 49.3 Å². The van der Waals surface area contributed by atoms with Crippen molar-refractivity contribution in [1.82, 2.24) is 14.9 Å². The zero-order chi connectivity index (χ0) is 16.6. The molecule has 2 aromatic heterocycles. The van der Waals surface area contributed by atoms with Crippen molar-refractivity contribution in [1.29, 1.82) is 0 Å². The van der Waals surface area contributed by atoms with Gasteiger partial charge in [-0.1, -0.05) is 20.8 Å². The molecule has 1 saturated heterocycles. The third kappa shape index (κ3) is 3.32. The average molecular weight is 377 g/mol.